The average molecular weight is 560 g/mol. The van der Waals surface area contributed by atoms with Crippen molar-refractivity contribution in [2.75, 3.05) is 24.5 Å². The zero-order chi connectivity index (χ0) is 28.2. The Morgan fingerprint density at radius 3 is 2.70 bits per heavy atom. The van der Waals surface area contributed by atoms with Gasteiger partial charge in [0.05, 0.1) is 33.7 Å². The van der Waals surface area contributed by atoms with Gasteiger partial charge in [-0.15, -0.1) is 0 Å². The summed E-state index contributed by atoms with van der Waals surface area (Å²) in [5.41, 5.74) is 1.17. The molecule has 0 N–H and O–H groups in total. The van der Waals surface area contributed by atoms with E-state index < -0.39 is 11.5 Å². The number of rotatable bonds is 5. The SMILES string of the molecule is C=CC(=O)N1CCN(c2nc(=O)n(-c3cncnc3C3(C)CC3)c3nc(-c4ccccc4F)c(Cl)cc23)[C@@H](C)C1. The number of fused-ring (bicyclic) bond motifs is 1. The third kappa shape index (κ3) is 4.32. The second-order valence-electron chi connectivity index (χ2n) is 10.6. The van der Waals surface area contributed by atoms with E-state index in [1.807, 2.05) is 11.8 Å². The molecule has 1 aliphatic carbocycles. The minimum absolute atomic E-state index is 0.149. The number of pyridine rings is 1. The van der Waals surface area contributed by atoms with Gasteiger partial charge in [-0.3, -0.25) is 4.79 Å². The van der Waals surface area contributed by atoms with Gasteiger partial charge in [-0.1, -0.05) is 37.2 Å². The number of carbonyl (C=O) groups is 1. The maximum atomic E-state index is 14.9. The third-order valence-electron chi connectivity index (χ3n) is 7.82. The number of anilines is 1. The Bertz CT molecular complexity index is 1740. The number of benzene rings is 1. The van der Waals surface area contributed by atoms with Crippen molar-refractivity contribution in [1.29, 1.82) is 0 Å². The van der Waals surface area contributed by atoms with Crippen LogP contribution >= 0.6 is 11.6 Å². The lowest BCUT2D eigenvalue weighted by Gasteiger charge is -2.40. The van der Waals surface area contributed by atoms with E-state index >= 15 is 0 Å². The molecule has 0 bridgehead atoms. The molecule has 40 heavy (non-hydrogen) atoms. The Labute approximate surface area is 235 Å². The van der Waals surface area contributed by atoms with Crippen LogP contribution in [0.5, 0.6) is 0 Å². The van der Waals surface area contributed by atoms with E-state index in [4.69, 9.17) is 16.6 Å². The van der Waals surface area contributed by atoms with Crippen LogP contribution in [0.1, 0.15) is 32.4 Å². The first-order chi connectivity index (χ1) is 19.2. The highest BCUT2D eigenvalue weighted by atomic mass is 35.5. The summed E-state index contributed by atoms with van der Waals surface area (Å²) in [6, 6.07) is 7.75. The monoisotopic (exact) mass is 559 g/mol. The molecule has 1 aromatic carbocycles. The number of nitrogens with zero attached hydrogens (tertiary/aromatic N) is 7. The molecule has 2 fully saturated rings. The topological polar surface area (TPSA) is 97.1 Å². The lowest BCUT2D eigenvalue weighted by atomic mass is 10.0. The molecule has 204 valence electrons. The minimum atomic E-state index is -0.561. The van der Waals surface area contributed by atoms with Gasteiger partial charge in [-0.25, -0.2) is 28.7 Å². The highest BCUT2D eigenvalue weighted by Crippen LogP contribution is 2.48. The zero-order valence-corrected chi connectivity index (χ0v) is 22.9. The Kier molecular flexibility index (Phi) is 6.37. The molecule has 0 spiro atoms. The van der Waals surface area contributed by atoms with Crippen LogP contribution in [0.15, 0.2) is 60.3 Å². The average Bonchev–Trinajstić information content (AvgIpc) is 3.71. The molecular weight excluding hydrogens is 533 g/mol. The molecule has 4 aromatic rings. The summed E-state index contributed by atoms with van der Waals surface area (Å²) in [6.45, 7) is 8.95. The van der Waals surface area contributed by atoms with Gasteiger partial charge >= 0.3 is 5.69 Å². The molecule has 1 saturated heterocycles. The molecular formula is C29H27ClFN7O2. The fraction of sp³-hybridized carbons (Fsp3) is 0.310. The first-order valence-corrected chi connectivity index (χ1v) is 13.5. The van der Waals surface area contributed by atoms with E-state index in [0.29, 0.717) is 36.5 Å². The van der Waals surface area contributed by atoms with Crippen LogP contribution in [0, 0.1) is 5.82 Å². The van der Waals surface area contributed by atoms with Crippen LogP contribution in [-0.2, 0) is 10.2 Å². The fourth-order valence-electron chi connectivity index (χ4n) is 5.36. The lowest BCUT2D eigenvalue weighted by molar-refractivity contribution is -0.126. The Hall–Kier alpha value is -4.18. The van der Waals surface area contributed by atoms with Crippen molar-refractivity contribution in [2.45, 2.75) is 38.1 Å². The Balaban J connectivity index is 1.60. The predicted octanol–water partition coefficient (Wildman–Crippen LogP) is 4.30. The largest absolute Gasteiger partial charge is 0.355 e. The van der Waals surface area contributed by atoms with Crippen molar-refractivity contribution in [2.24, 2.45) is 0 Å². The summed E-state index contributed by atoms with van der Waals surface area (Å²) < 4.78 is 16.3. The van der Waals surface area contributed by atoms with Crippen LogP contribution < -0.4 is 10.6 Å². The number of amides is 1. The van der Waals surface area contributed by atoms with Crippen molar-refractivity contribution < 1.29 is 9.18 Å². The van der Waals surface area contributed by atoms with Gasteiger partial charge in [0.25, 0.3) is 0 Å². The van der Waals surface area contributed by atoms with Crippen molar-refractivity contribution in [1.82, 2.24) is 29.4 Å². The van der Waals surface area contributed by atoms with Crippen LogP contribution in [0.3, 0.4) is 0 Å². The second-order valence-corrected chi connectivity index (χ2v) is 11.0. The highest BCUT2D eigenvalue weighted by Gasteiger charge is 2.43. The first-order valence-electron chi connectivity index (χ1n) is 13.1. The second kappa shape index (κ2) is 9.78. The van der Waals surface area contributed by atoms with Gasteiger partial charge in [0.1, 0.15) is 18.0 Å². The molecule has 9 nitrogen and oxygen atoms in total. The maximum Gasteiger partial charge on any atom is 0.355 e. The van der Waals surface area contributed by atoms with Gasteiger partial charge < -0.3 is 9.80 Å². The van der Waals surface area contributed by atoms with Crippen LogP contribution in [-0.4, -0.2) is 61.0 Å². The van der Waals surface area contributed by atoms with Crippen LogP contribution in [0.2, 0.25) is 5.02 Å². The normalized spacial score (nSPS) is 18.1. The van der Waals surface area contributed by atoms with Crippen molar-refractivity contribution >= 4 is 34.4 Å². The molecule has 1 saturated carbocycles. The van der Waals surface area contributed by atoms with Crippen molar-refractivity contribution in [3.05, 3.63) is 82.5 Å². The van der Waals surface area contributed by atoms with E-state index in [0.717, 1.165) is 18.5 Å². The number of aromatic nitrogens is 5. The van der Waals surface area contributed by atoms with Gasteiger partial charge in [0, 0.05) is 36.7 Å². The molecule has 1 aliphatic heterocycles. The lowest BCUT2D eigenvalue weighted by Crippen LogP contribution is -2.54. The minimum Gasteiger partial charge on any atom is -0.350 e. The van der Waals surface area contributed by atoms with E-state index in [1.165, 1.54) is 23.0 Å². The molecule has 1 amide bonds. The van der Waals surface area contributed by atoms with Gasteiger partial charge in [-0.2, -0.15) is 4.98 Å². The van der Waals surface area contributed by atoms with Crippen molar-refractivity contribution in [3.63, 3.8) is 0 Å². The molecule has 0 unspecified atom stereocenters. The van der Waals surface area contributed by atoms with E-state index in [-0.39, 0.29) is 39.3 Å². The first kappa shape index (κ1) is 26.1. The van der Waals surface area contributed by atoms with Crippen LogP contribution in [0.25, 0.3) is 28.0 Å². The quantitative estimate of drug-likeness (QED) is 0.336. The number of hydrogen-bond donors (Lipinski definition) is 0. The van der Waals surface area contributed by atoms with Crippen LogP contribution in [0.4, 0.5) is 10.2 Å². The number of hydrogen-bond acceptors (Lipinski definition) is 7. The standard InChI is InChI=1S/C29H27ClFN7O2/c1-4-23(39)36-11-12-37(17(2)15-36)26-19-13-20(30)24(18-7-5-6-8-21(18)31)34-27(19)38(28(40)35-26)22-14-32-16-33-25(22)29(3)9-10-29/h4-8,13-14,16-17H,1,9-12,15H2,2-3H3/t17-/m0/s1. The van der Waals surface area contributed by atoms with Gasteiger partial charge in [-0.05, 0) is 44.0 Å². The molecule has 6 rings (SSSR count). The van der Waals surface area contributed by atoms with Crippen molar-refractivity contribution in [3.8, 4) is 16.9 Å². The molecule has 4 heterocycles. The molecule has 11 heteroatoms. The van der Waals surface area contributed by atoms with E-state index in [1.54, 1.807) is 35.4 Å². The Morgan fingerprint density at radius 2 is 2.00 bits per heavy atom. The molecule has 0 radical (unpaired) electrons. The summed E-state index contributed by atoms with van der Waals surface area (Å²) in [5.74, 6) is -0.227. The molecule has 2 aliphatic rings. The summed E-state index contributed by atoms with van der Waals surface area (Å²) >= 11 is 6.74. The zero-order valence-electron chi connectivity index (χ0n) is 22.1. The number of halogens is 2. The summed E-state index contributed by atoms with van der Waals surface area (Å²) in [4.78, 5) is 47.9. The van der Waals surface area contributed by atoms with E-state index in [2.05, 4.69) is 28.5 Å². The Morgan fingerprint density at radius 1 is 1.23 bits per heavy atom. The van der Waals surface area contributed by atoms with Gasteiger partial charge in [0.15, 0.2) is 5.65 Å². The summed E-state index contributed by atoms with van der Waals surface area (Å²) in [5, 5.41) is 0.744. The predicted molar refractivity (Wildman–Crippen MR) is 151 cm³/mol. The number of carbonyl (C=O) groups excluding carboxylic acids is 1. The highest BCUT2D eigenvalue weighted by molar-refractivity contribution is 6.33. The van der Waals surface area contributed by atoms with Gasteiger partial charge in [0.2, 0.25) is 5.91 Å². The summed E-state index contributed by atoms with van der Waals surface area (Å²) in [7, 11) is 0. The van der Waals surface area contributed by atoms with E-state index in [9.17, 15) is 14.0 Å². The smallest absolute Gasteiger partial charge is 0.350 e. The molecule has 3 aromatic heterocycles. The fourth-order valence-corrected chi connectivity index (χ4v) is 5.61. The third-order valence-corrected chi connectivity index (χ3v) is 8.11. The maximum absolute atomic E-state index is 14.9. The summed E-state index contributed by atoms with van der Waals surface area (Å²) in [6.07, 6.45) is 6.22. The molecule has 1 atom stereocenters. The number of piperazine rings is 1.